The summed E-state index contributed by atoms with van der Waals surface area (Å²) in [6, 6.07) is 3.72. The molecule has 2 aromatic rings. The summed E-state index contributed by atoms with van der Waals surface area (Å²) in [5.74, 6) is -0.0652. The molecule has 6 heteroatoms. The van der Waals surface area contributed by atoms with Crippen LogP contribution >= 0.6 is 11.3 Å². The molecule has 0 saturated carbocycles. The molecular weight excluding hydrogens is 248 g/mol. The number of nitrogens with zero attached hydrogens (tertiary/aromatic N) is 2. The summed E-state index contributed by atoms with van der Waals surface area (Å²) in [5.41, 5.74) is 7.25. The maximum atomic E-state index is 11.8. The molecule has 2 heterocycles. The van der Waals surface area contributed by atoms with Crippen molar-refractivity contribution in [2.45, 2.75) is 19.4 Å². The lowest BCUT2D eigenvalue weighted by molar-refractivity contribution is -0.121. The molecule has 0 spiro atoms. The predicted molar refractivity (Wildman–Crippen MR) is 71.0 cm³/mol. The first-order valence-corrected chi connectivity index (χ1v) is 6.42. The van der Waals surface area contributed by atoms with E-state index in [1.807, 2.05) is 19.1 Å². The molecule has 5 nitrogen and oxygen atoms in total. The normalized spacial score (nSPS) is 12.1. The minimum absolute atomic E-state index is 0.0449. The van der Waals surface area contributed by atoms with Crippen LogP contribution in [0, 0.1) is 0 Å². The SMILES string of the molecule is CC(NC(=O)Cc1csc(N)n1)c1ccncc1. The van der Waals surface area contributed by atoms with Gasteiger partial charge in [0.1, 0.15) is 0 Å². The van der Waals surface area contributed by atoms with Gasteiger partial charge in [-0.25, -0.2) is 4.98 Å². The van der Waals surface area contributed by atoms with E-state index in [2.05, 4.69) is 15.3 Å². The molecule has 0 aliphatic heterocycles. The van der Waals surface area contributed by atoms with Gasteiger partial charge in [-0.05, 0) is 24.6 Å². The highest BCUT2D eigenvalue weighted by molar-refractivity contribution is 7.13. The number of nitrogens with two attached hydrogens (primary N) is 1. The lowest BCUT2D eigenvalue weighted by Crippen LogP contribution is -2.28. The van der Waals surface area contributed by atoms with E-state index in [-0.39, 0.29) is 18.4 Å². The molecule has 2 aromatic heterocycles. The molecule has 94 valence electrons. The largest absolute Gasteiger partial charge is 0.375 e. The minimum Gasteiger partial charge on any atom is -0.375 e. The summed E-state index contributed by atoms with van der Waals surface area (Å²) in [6.45, 7) is 1.93. The molecule has 1 atom stereocenters. The summed E-state index contributed by atoms with van der Waals surface area (Å²) in [6.07, 6.45) is 3.67. The molecule has 0 bridgehead atoms. The number of nitrogens with one attached hydrogen (secondary N) is 1. The number of nitrogen functional groups attached to an aromatic ring is 1. The summed E-state index contributed by atoms with van der Waals surface area (Å²) in [4.78, 5) is 19.8. The Morgan fingerprint density at radius 1 is 1.50 bits per heavy atom. The van der Waals surface area contributed by atoms with Gasteiger partial charge in [-0.1, -0.05) is 0 Å². The number of carbonyl (C=O) groups is 1. The number of hydrogen-bond donors (Lipinski definition) is 2. The number of thiazole rings is 1. The number of rotatable bonds is 4. The second-order valence-electron chi connectivity index (χ2n) is 3.92. The van der Waals surface area contributed by atoms with Gasteiger partial charge in [0.2, 0.25) is 5.91 Å². The third kappa shape index (κ3) is 3.27. The van der Waals surface area contributed by atoms with E-state index >= 15 is 0 Å². The Bertz CT molecular complexity index is 526. The molecule has 1 amide bonds. The van der Waals surface area contributed by atoms with Gasteiger partial charge in [-0.3, -0.25) is 9.78 Å². The van der Waals surface area contributed by atoms with Crippen LogP contribution in [0.3, 0.4) is 0 Å². The summed E-state index contributed by atoms with van der Waals surface area (Å²) in [7, 11) is 0. The maximum absolute atomic E-state index is 11.8. The van der Waals surface area contributed by atoms with Crippen molar-refractivity contribution in [3.05, 3.63) is 41.2 Å². The first kappa shape index (κ1) is 12.5. The molecule has 2 rings (SSSR count). The van der Waals surface area contributed by atoms with Gasteiger partial charge < -0.3 is 11.1 Å². The van der Waals surface area contributed by atoms with Crippen molar-refractivity contribution >= 4 is 22.4 Å². The Balaban J connectivity index is 1.92. The van der Waals surface area contributed by atoms with Gasteiger partial charge in [0.15, 0.2) is 5.13 Å². The first-order valence-electron chi connectivity index (χ1n) is 5.54. The third-order valence-corrected chi connectivity index (χ3v) is 3.22. The van der Waals surface area contributed by atoms with Crippen LogP contribution in [0.4, 0.5) is 5.13 Å². The van der Waals surface area contributed by atoms with E-state index in [1.54, 1.807) is 17.8 Å². The van der Waals surface area contributed by atoms with Crippen LogP contribution in [-0.4, -0.2) is 15.9 Å². The monoisotopic (exact) mass is 262 g/mol. The second kappa shape index (κ2) is 5.59. The Kier molecular flexibility index (Phi) is 3.88. The molecule has 0 radical (unpaired) electrons. The zero-order valence-electron chi connectivity index (χ0n) is 9.96. The fourth-order valence-corrected chi connectivity index (χ4v) is 2.16. The van der Waals surface area contributed by atoms with Gasteiger partial charge in [0, 0.05) is 17.8 Å². The molecule has 0 fully saturated rings. The lowest BCUT2D eigenvalue weighted by Gasteiger charge is -2.13. The minimum atomic E-state index is -0.0652. The van der Waals surface area contributed by atoms with Crippen LogP contribution in [0.2, 0.25) is 0 Å². The van der Waals surface area contributed by atoms with Crippen molar-refractivity contribution in [1.29, 1.82) is 0 Å². The predicted octanol–water partition coefficient (Wildman–Crippen LogP) is 1.54. The average Bonchev–Trinajstić information content (AvgIpc) is 2.75. The topological polar surface area (TPSA) is 80.9 Å². The number of amides is 1. The van der Waals surface area contributed by atoms with Crippen molar-refractivity contribution in [3.8, 4) is 0 Å². The highest BCUT2D eigenvalue weighted by Gasteiger charge is 2.11. The van der Waals surface area contributed by atoms with Crippen molar-refractivity contribution in [3.63, 3.8) is 0 Å². The molecule has 18 heavy (non-hydrogen) atoms. The summed E-state index contributed by atoms with van der Waals surface area (Å²) < 4.78 is 0. The average molecular weight is 262 g/mol. The highest BCUT2D eigenvalue weighted by atomic mass is 32.1. The standard InChI is InChI=1S/C12H14N4OS/c1-8(9-2-4-14-5-3-9)15-11(17)6-10-7-18-12(13)16-10/h2-5,7-8H,6H2,1H3,(H2,13,16)(H,15,17). The smallest absolute Gasteiger partial charge is 0.226 e. The summed E-state index contributed by atoms with van der Waals surface area (Å²) >= 11 is 1.34. The Labute approximate surface area is 109 Å². The van der Waals surface area contributed by atoms with E-state index in [9.17, 15) is 4.79 Å². The fourth-order valence-electron chi connectivity index (χ4n) is 1.60. The molecule has 0 saturated heterocycles. The van der Waals surface area contributed by atoms with Gasteiger partial charge in [0.25, 0.3) is 0 Å². The van der Waals surface area contributed by atoms with Crippen LogP contribution in [0.25, 0.3) is 0 Å². The zero-order chi connectivity index (χ0) is 13.0. The number of anilines is 1. The fraction of sp³-hybridized carbons (Fsp3) is 0.250. The first-order chi connectivity index (χ1) is 8.65. The van der Waals surface area contributed by atoms with E-state index in [4.69, 9.17) is 5.73 Å². The maximum Gasteiger partial charge on any atom is 0.226 e. The van der Waals surface area contributed by atoms with Crippen LogP contribution in [0.1, 0.15) is 24.2 Å². The highest BCUT2D eigenvalue weighted by Crippen LogP contribution is 2.13. The number of pyridine rings is 1. The van der Waals surface area contributed by atoms with Gasteiger partial charge >= 0.3 is 0 Å². The molecule has 3 N–H and O–H groups in total. The lowest BCUT2D eigenvalue weighted by atomic mass is 10.1. The number of aromatic nitrogens is 2. The molecule has 0 aromatic carbocycles. The van der Waals surface area contributed by atoms with Crippen molar-refractivity contribution in [1.82, 2.24) is 15.3 Å². The van der Waals surface area contributed by atoms with Crippen LogP contribution in [0.5, 0.6) is 0 Å². The summed E-state index contributed by atoms with van der Waals surface area (Å²) in [5, 5.41) is 5.19. The van der Waals surface area contributed by atoms with Gasteiger partial charge in [-0.15, -0.1) is 11.3 Å². The molecule has 0 aliphatic rings. The third-order valence-electron chi connectivity index (χ3n) is 2.49. The zero-order valence-corrected chi connectivity index (χ0v) is 10.8. The quantitative estimate of drug-likeness (QED) is 0.875. The molecule has 1 unspecified atom stereocenters. The second-order valence-corrected chi connectivity index (χ2v) is 4.81. The Hall–Kier alpha value is -1.95. The van der Waals surface area contributed by atoms with Gasteiger partial charge in [0.05, 0.1) is 18.2 Å². The number of carbonyl (C=O) groups excluding carboxylic acids is 1. The van der Waals surface area contributed by atoms with Crippen molar-refractivity contribution < 1.29 is 4.79 Å². The van der Waals surface area contributed by atoms with Crippen molar-refractivity contribution in [2.24, 2.45) is 0 Å². The van der Waals surface area contributed by atoms with E-state index in [0.29, 0.717) is 10.8 Å². The van der Waals surface area contributed by atoms with E-state index in [0.717, 1.165) is 5.56 Å². The van der Waals surface area contributed by atoms with E-state index < -0.39 is 0 Å². The van der Waals surface area contributed by atoms with Crippen LogP contribution in [0.15, 0.2) is 29.9 Å². The molecule has 0 aliphatic carbocycles. The number of hydrogen-bond acceptors (Lipinski definition) is 5. The van der Waals surface area contributed by atoms with Crippen LogP contribution < -0.4 is 11.1 Å². The Morgan fingerprint density at radius 3 is 2.83 bits per heavy atom. The Morgan fingerprint density at radius 2 is 2.22 bits per heavy atom. The van der Waals surface area contributed by atoms with Crippen molar-refractivity contribution in [2.75, 3.05) is 5.73 Å². The molecular formula is C12H14N4OS. The van der Waals surface area contributed by atoms with E-state index in [1.165, 1.54) is 11.3 Å². The van der Waals surface area contributed by atoms with Gasteiger partial charge in [-0.2, -0.15) is 0 Å². The van der Waals surface area contributed by atoms with Crippen LogP contribution in [-0.2, 0) is 11.2 Å².